The van der Waals surface area contributed by atoms with Crippen LogP contribution in [0.2, 0.25) is 0 Å². The molecule has 3 amide bonds. The number of hydrogen-bond acceptors (Lipinski definition) is 6. The number of aliphatic hydroxyl groups is 1. The summed E-state index contributed by atoms with van der Waals surface area (Å²) in [6, 6.07) is 5.97. The van der Waals surface area contributed by atoms with Gasteiger partial charge in [0.05, 0.1) is 35.8 Å². The van der Waals surface area contributed by atoms with Gasteiger partial charge in [-0.15, -0.1) is 24.9 Å². The van der Waals surface area contributed by atoms with Gasteiger partial charge in [-0.1, -0.05) is 26.0 Å². The second kappa shape index (κ2) is 12.4. The Morgan fingerprint density at radius 1 is 1.12 bits per heavy atom. The molecule has 3 saturated heterocycles. The number of benzene rings is 1. The van der Waals surface area contributed by atoms with Crippen LogP contribution in [0.1, 0.15) is 54.4 Å². The van der Waals surface area contributed by atoms with Crippen LogP contribution < -0.4 is 9.64 Å². The summed E-state index contributed by atoms with van der Waals surface area (Å²) in [5.41, 5.74) is 0.705. The van der Waals surface area contributed by atoms with E-state index in [-0.39, 0.29) is 42.8 Å². The third kappa shape index (κ3) is 5.17. The lowest BCUT2D eigenvalue weighted by Crippen LogP contribution is -2.59. The third-order valence-corrected chi connectivity index (χ3v) is 11.3. The highest BCUT2D eigenvalue weighted by molar-refractivity contribution is 8.02. The fourth-order valence-electron chi connectivity index (χ4n) is 7.36. The van der Waals surface area contributed by atoms with Crippen LogP contribution in [-0.2, 0) is 14.4 Å². The maximum absolute atomic E-state index is 14.6. The molecule has 0 aromatic heterocycles. The van der Waals surface area contributed by atoms with Crippen molar-refractivity contribution in [2.24, 2.45) is 17.8 Å². The highest BCUT2D eigenvalue weighted by atomic mass is 32.2. The second-order valence-corrected chi connectivity index (χ2v) is 14.4. The van der Waals surface area contributed by atoms with E-state index in [0.717, 1.165) is 12.2 Å². The highest BCUT2D eigenvalue weighted by Gasteiger charge is 2.78. The predicted octanol–water partition coefficient (Wildman–Crippen LogP) is 4.53. The van der Waals surface area contributed by atoms with E-state index in [1.807, 2.05) is 58.9 Å². The molecule has 2 unspecified atom stereocenters. The second-order valence-electron chi connectivity index (χ2n) is 12.5. The fraction of sp³-hybridized carbons (Fsp3) is 0.606. The van der Waals surface area contributed by atoms with Crippen molar-refractivity contribution in [3.8, 4) is 5.75 Å². The minimum atomic E-state index is -0.778. The van der Waals surface area contributed by atoms with Gasteiger partial charge < -0.3 is 24.5 Å². The zero-order valence-electron chi connectivity index (χ0n) is 25.9. The van der Waals surface area contributed by atoms with Gasteiger partial charge in [0, 0.05) is 29.6 Å². The molecule has 0 radical (unpaired) electrons. The molecule has 230 valence electrons. The number of ether oxygens (including phenoxy) is 1. The molecule has 1 N–H and O–H groups in total. The highest BCUT2D eigenvalue weighted by Crippen LogP contribution is 2.72. The van der Waals surface area contributed by atoms with Gasteiger partial charge in [-0.05, 0) is 70.7 Å². The van der Waals surface area contributed by atoms with E-state index in [9.17, 15) is 19.5 Å². The van der Waals surface area contributed by atoms with Crippen LogP contribution in [0.15, 0.2) is 49.6 Å². The summed E-state index contributed by atoms with van der Waals surface area (Å²) in [6.07, 6.45) is 4.77. The van der Waals surface area contributed by atoms with Crippen LogP contribution in [0.3, 0.4) is 0 Å². The molecular formula is C33H47N3O5S. The first kappa shape index (κ1) is 32.1. The van der Waals surface area contributed by atoms with Gasteiger partial charge in [0.15, 0.2) is 0 Å². The first-order chi connectivity index (χ1) is 19.9. The summed E-state index contributed by atoms with van der Waals surface area (Å²) >= 11 is 1.65. The molecule has 4 rings (SSSR count). The number of rotatable bonds is 13. The molecule has 1 aromatic carbocycles. The topological polar surface area (TPSA) is 90.4 Å². The van der Waals surface area contributed by atoms with Crippen LogP contribution in [0.5, 0.6) is 5.75 Å². The molecule has 1 aromatic rings. The predicted molar refractivity (Wildman–Crippen MR) is 168 cm³/mol. The molecule has 3 aliphatic heterocycles. The van der Waals surface area contributed by atoms with E-state index < -0.39 is 33.4 Å². The van der Waals surface area contributed by atoms with Crippen molar-refractivity contribution in [3.63, 3.8) is 0 Å². The molecule has 3 heterocycles. The summed E-state index contributed by atoms with van der Waals surface area (Å²) in [5.74, 6) is -1.16. The molecular weight excluding hydrogens is 550 g/mol. The van der Waals surface area contributed by atoms with Crippen LogP contribution in [0, 0.1) is 17.8 Å². The number of thioether (sulfide) groups is 1. The molecule has 2 bridgehead atoms. The van der Waals surface area contributed by atoms with Crippen molar-refractivity contribution in [3.05, 3.63) is 49.6 Å². The summed E-state index contributed by atoms with van der Waals surface area (Å²) < 4.78 is 4.32. The number of fused-ring (bicyclic) bond motifs is 1. The lowest BCUT2D eigenvalue weighted by atomic mass is 9.66. The van der Waals surface area contributed by atoms with Gasteiger partial charge >= 0.3 is 0 Å². The van der Waals surface area contributed by atoms with E-state index in [2.05, 4.69) is 20.1 Å². The number of likely N-dealkylation sites (tertiary alicyclic amines) is 1. The van der Waals surface area contributed by atoms with Crippen molar-refractivity contribution < 1.29 is 24.2 Å². The maximum atomic E-state index is 14.6. The molecule has 0 saturated carbocycles. The van der Waals surface area contributed by atoms with E-state index in [1.165, 1.54) is 0 Å². The first-order valence-corrected chi connectivity index (χ1v) is 15.9. The van der Waals surface area contributed by atoms with Crippen LogP contribution in [0.25, 0.3) is 0 Å². The number of carbonyl (C=O) groups excluding carboxylic acids is 3. The van der Waals surface area contributed by atoms with Crippen molar-refractivity contribution in [2.75, 3.05) is 31.2 Å². The Bertz CT molecular complexity index is 1200. The summed E-state index contributed by atoms with van der Waals surface area (Å²) in [5, 5.41) is 10.5. The zero-order chi connectivity index (χ0) is 31.0. The average Bonchev–Trinajstić information content (AvgIpc) is 3.51. The van der Waals surface area contributed by atoms with E-state index >= 15 is 0 Å². The molecule has 0 aliphatic carbocycles. The van der Waals surface area contributed by atoms with Gasteiger partial charge in [0.2, 0.25) is 17.7 Å². The number of carbonyl (C=O) groups is 3. The SMILES string of the molecule is C=CCN(C(=O)[C@@H]1[C@H]2C(=O)N([C@@H](CO)C(C)C)C(C(=O)N(CC=C)C(C)C)C23CC[C@@]1(C)S3)c1ccc(OCC)cc1. The van der Waals surface area contributed by atoms with Crippen molar-refractivity contribution in [2.45, 2.75) is 82.0 Å². The van der Waals surface area contributed by atoms with Crippen LogP contribution in [-0.4, -0.2) is 86.6 Å². The number of nitrogens with zero attached hydrogens (tertiary/aromatic N) is 3. The Morgan fingerprint density at radius 3 is 2.29 bits per heavy atom. The Kier molecular flexibility index (Phi) is 9.53. The Labute approximate surface area is 255 Å². The minimum absolute atomic E-state index is 0.0792. The largest absolute Gasteiger partial charge is 0.494 e. The number of anilines is 1. The van der Waals surface area contributed by atoms with Crippen molar-refractivity contribution in [1.29, 1.82) is 0 Å². The number of hydrogen-bond donors (Lipinski definition) is 1. The fourth-order valence-corrected chi connectivity index (χ4v) is 9.69. The van der Waals surface area contributed by atoms with E-state index in [0.29, 0.717) is 25.3 Å². The average molecular weight is 598 g/mol. The molecule has 9 heteroatoms. The number of aliphatic hydroxyl groups excluding tert-OH is 1. The minimum Gasteiger partial charge on any atom is -0.494 e. The van der Waals surface area contributed by atoms with Gasteiger partial charge in [-0.2, -0.15) is 0 Å². The smallest absolute Gasteiger partial charge is 0.247 e. The van der Waals surface area contributed by atoms with E-state index in [1.54, 1.807) is 38.6 Å². The molecule has 6 atom stereocenters. The molecule has 3 aliphatic rings. The molecule has 3 fully saturated rings. The van der Waals surface area contributed by atoms with Gasteiger partial charge in [-0.3, -0.25) is 14.4 Å². The van der Waals surface area contributed by atoms with Crippen molar-refractivity contribution in [1.82, 2.24) is 9.80 Å². The third-order valence-electron chi connectivity index (χ3n) is 9.30. The van der Waals surface area contributed by atoms with Gasteiger partial charge in [0.1, 0.15) is 11.8 Å². The Morgan fingerprint density at radius 2 is 1.76 bits per heavy atom. The maximum Gasteiger partial charge on any atom is 0.247 e. The standard InChI is InChI=1S/C33H47N3O5S/c1-9-18-34(22(6)7)31(40)28-33-17-16-32(8,42-33)26(27(33)30(39)36(28)25(20-37)21(4)5)29(38)35(19-10-2)23-12-14-24(15-13-23)41-11-3/h9-10,12-15,21-22,25-28,37H,1-2,11,16-20H2,3-8H3/t25-,26-,27-,28?,32+,33?/m0/s1. The van der Waals surface area contributed by atoms with Gasteiger partial charge in [-0.25, -0.2) is 0 Å². The van der Waals surface area contributed by atoms with E-state index in [4.69, 9.17) is 4.74 Å². The molecule has 42 heavy (non-hydrogen) atoms. The lowest BCUT2D eigenvalue weighted by molar-refractivity contribution is -0.147. The summed E-state index contributed by atoms with van der Waals surface area (Å²) in [6.45, 7) is 20.5. The monoisotopic (exact) mass is 597 g/mol. The summed E-state index contributed by atoms with van der Waals surface area (Å²) in [4.78, 5) is 48.9. The molecule has 1 spiro atoms. The zero-order valence-corrected chi connectivity index (χ0v) is 26.7. The normalized spacial score (nSPS) is 28.6. The first-order valence-electron chi connectivity index (χ1n) is 15.1. The van der Waals surface area contributed by atoms with Crippen LogP contribution >= 0.6 is 11.8 Å². The lowest BCUT2D eigenvalue weighted by Gasteiger charge is -2.41. The Balaban J connectivity index is 1.82. The Hall–Kier alpha value is -2.78. The quantitative estimate of drug-likeness (QED) is 0.336. The molecule has 8 nitrogen and oxygen atoms in total. The van der Waals surface area contributed by atoms with Crippen LogP contribution in [0.4, 0.5) is 5.69 Å². The summed E-state index contributed by atoms with van der Waals surface area (Å²) in [7, 11) is 0. The van der Waals surface area contributed by atoms with Crippen molar-refractivity contribution >= 4 is 35.2 Å². The van der Waals surface area contributed by atoms with Gasteiger partial charge in [0.25, 0.3) is 0 Å². The number of amides is 3.